The van der Waals surface area contributed by atoms with Gasteiger partial charge in [-0.2, -0.15) is 0 Å². The van der Waals surface area contributed by atoms with Crippen LogP contribution in [0.15, 0.2) is 36.4 Å². The number of hydrogen-bond donors (Lipinski definition) is 1. The summed E-state index contributed by atoms with van der Waals surface area (Å²) < 4.78 is 32.7. The van der Waals surface area contributed by atoms with Gasteiger partial charge < -0.3 is 14.5 Å². The zero-order chi connectivity index (χ0) is 18.7. The maximum absolute atomic E-state index is 14.0. The Balaban J connectivity index is 1.62. The van der Waals surface area contributed by atoms with Crippen LogP contribution in [0.4, 0.5) is 8.78 Å². The lowest BCUT2D eigenvalue weighted by molar-refractivity contribution is -0.917. The highest BCUT2D eigenvalue weighted by atomic mass is 35.5. The van der Waals surface area contributed by atoms with Crippen LogP contribution in [0.2, 0.25) is 5.02 Å². The van der Waals surface area contributed by atoms with E-state index in [1.54, 1.807) is 18.1 Å². The fourth-order valence-electron chi connectivity index (χ4n) is 3.19. The van der Waals surface area contributed by atoms with E-state index in [0.717, 1.165) is 11.6 Å². The Morgan fingerprint density at radius 2 is 1.92 bits per heavy atom. The van der Waals surface area contributed by atoms with E-state index in [1.807, 2.05) is 0 Å². The first-order chi connectivity index (χ1) is 12.5. The van der Waals surface area contributed by atoms with Crippen molar-refractivity contribution in [3.8, 4) is 5.75 Å². The summed E-state index contributed by atoms with van der Waals surface area (Å²) in [7, 11) is 1.56. The molecule has 0 atom stereocenters. The average molecular weight is 382 g/mol. The van der Waals surface area contributed by atoms with Crippen molar-refractivity contribution in [2.24, 2.45) is 0 Å². The molecule has 138 valence electrons. The second-order valence-corrected chi connectivity index (χ2v) is 6.74. The third-order valence-corrected chi connectivity index (χ3v) is 4.84. The Morgan fingerprint density at radius 1 is 1.19 bits per heavy atom. The Bertz CT molecular complexity index is 808. The molecular formula is C19H20ClF2N2O2+. The van der Waals surface area contributed by atoms with E-state index in [0.29, 0.717) is 38.5 Å². The zero-order valence-corrected chi connectivity index (χ0v) is 15.2. The van der Waals surface area contributed by atoms with E-state index in [9.17, 15) is 13.6 Å². The highest BCUT2D eigenvalue weighted by molar-refractivity contribution is 6.30. The molecule has 1 fully saturated rings. The molecule has 2 aromatic carbocycles. The van der Waals surface area contributed by atoms with Crippen molar-refractivity contribution in [1.29, 1.82) is 0 Å². The van der Waals surface area contributed by atoms with Gasteiger partial charge in [-0.05, 0) is 36.4 Å². The van der Waals surface area contributed by atoms with Crippen molar-refractivity contribution in [1.82, 2.24) is 4.90 Å². The van der Waals surface area contributed by atoms with Gasteiger partial charge in [0.1, 0.15) is 23.9 Å². The van der Waals surface area contributed by atoms with E-state index in [4.69, 9.17) is 16.3 Å². The monoisotopic (exact) mass is 381 g/mol. The van der Waals surface area contributed by atoms with Gasteiger partial charge in [0, 0.05) is 5.02 Å². The molecule has 0 bridgehead atoms. The number of nitrogens with zero attached hydrogens (tertiary/aromatic N) is 1. The van der Waals surface area contributed by atoms with Crippen LogP contribution in [0.1, 0.15) is 15.9 Å². The number of carbonyl (C=O) groups excluding carboxylic acids is 1. The van der Waals surface area contributed by atoms with Gasteiger partial charge in [-0.25, -0.2) is 8.78 Å². The molecule has 4 nitrogen and oxygen atoms in total. The van der Waals surface area contributed by atoms with Crippen LogP contribution in [0.3, 0.4) is 0 Å². The number of nitrogens with one attached hydrogen (secondary N) is 1. The van der Waals surface area contributed by atoms with Gasteiger partial charge >= 0.3 is 0 Å². The number of hydrogen-bond acceptors (Lipinski definition) is 2. The average Bonchev–Trinajstić information content (AvgIpc) is 2.62. The molecule has 0 spiro atoms. The van der Waals surface area contributed by atoms with Crippen LogP contribution >= 0.6 is 11.6 Å². The molecule has 0 radical (unpaired) electrons. The summed E-state index contributed by atoms with van der Waals surface area (Å²) in [5.74, 6) is -0.587. The fourth-order valence-corrected chi connectivity index (χ4v) is 3.35. The van der Waals surface area contributed by atoms with Crippen LogP contribution < -0.4 is 9.64 Å². The number of piperazine rings is 1. The molecule has 3 rings (SSSR count). The Morgan fingerprint density at radius 3 is 2.58 bits per heavy atom. The summed E-state index contributed by atoms with van der Waals surface area (Å²) in [6, 6.07) is 8.54. The highest BCUT2D eigenvalue weighted by Gasteiger charge is 2.27. The quantitative estimate of drug-likeness (QED) is 0.880. The summed E-state index contributed by atoms with van der Waals surface area (Å²) >= 11 is 5.73. The van der Waals surface area contributed by atoms with Gasteiger partial charge in [0.2, 0.25) is 0 Å². The van der Waals surface area contributed by atoms with Crippen LogP contribution in [-0.4, -0.2) is 44.1 Å². The molecule has 1 aliphatic rings. The van der Waals surface area contributed by atoms with Crippen molar-refractivity contribution in [2.75, 3.05) is 33.3 Å². The van der Waals surface area contributed by atoms with E-state index in [-0.39, 0.29) is 22.3 Å². The maximum Gasteiger partial charge on any atom is 0.257 e. The summed E-state index contributed by atoms with van der Waals surface area (Å²) in [5, 5.41) is 0.261. The molecule has 2 aromatic rings. The Hall–Kier alpha value is -2.18. The number of rotatable bonds is 4. The van der Waals surface area contributed by atoms with Crippen LogP contribution in [0.25, 0.3) is 0 Å². The Labute approximate surface area is 155 Å². The van der Waals surface area contributed by atoms with Crippen LogP contribution in [0.5, 0.6) is 5.75 Å². The van der Waals surface area contributed by atoms with Crippen LogP contribution in [0, 0.1) is 11.6 Å². The van der Waals surface area contributed by atoms with E-state index >= 15 is 0 Å². The zero-order valence-electron chi connectivity index (χ0n) is 14.4. The second kappa shape index (κ2) is 8.01. The minimum Gasteiger partial charge on any atom is -0.496 e. The predicted molar refractivity (Wildman–Crippen MR) is 94.7 cm³/mol. The summed E-state index contributed by atoms with van der Waals surface area (Å²) in [6.07, 6.45) is 0. The third kappa shape index (κ3) is 4.14. The third-order valence-electron chi connectivity index (χ3n) is 4.60. The molecule has 1 aliphatic heterocycles. The van der Waals surface area contributed by atoms with Gasteiger partial charge in [0.15, 0.2) is 0 Å². The standard InChI is InChI=1S/C19H19ClF2N2O2/c1-26-18-5-3-15(21)10-13(18)12-23-6-8-24(9-7-23)19(25)16-4-2-14(20)11-17(16)22/h2-5,10-11H,6-9,12H2,1H3/p+1. The molecule has 1 N–H and O–H groups in total. The maximum atomic E-state index is 14.0. The van der Waals surface area contributed by atoms with Crippen molar-refractivity contribution >= 4 is 17.5 Å². The molecule has 26 heavy (non-hydrogen) atoms. The Kier molecular flexibility index (Phi) is 5.74. The first kappa shape index (κ1) is 18.6. The van der Waals surface area contributed by atoms with Gasteiger partial charge in [0.25, 0.3) is 5.91 Å². The molecule has 0 aromatic heterocycles. The molecule has 0 unspecified atom stereocenters. The van der Waals surface area contributed by atoms with Crippen LogP contribution in [-0.2, 0) is 6.54 Å². The lowest BCUT2D eigenvalue weighted by atomic mass is 10.1. The number of methoxy groups -OCH3 is 1. The molecular weight excluding hydrogens is 362 g/mol. The van der Waals surface area contributed by atoms with Gasteiger partial charge in [0.05, 0.1) is 44.4 Å². The SMILES string of the molecule is COc1ccc(F)cc1C[NH+]1CCN(C(=O)c2ccc(Cl)cc2F)CC1. The first-order valence-corrected chi connectivity index (χ1v) is 8.76. The van der Waals surface area contributed by atoms with E-state index in [1.165, 1.54) is 29.2 Å². The van der Waals surface area contributed by atoms with Crippen molar-refractivity contribution in [2.45, 2.75) is 6.54 Å². The minimum absolute atomic E-state index is 0.0321. The molecule has 1 amide bonds. The molecule has 1 heterocycles. The summed E-state index contributed by atoms with van der Waals surface area (Å²) in [4.78, 5) is 15.4. The minimum atomic E-state index is -0.609. The number of halogens is 3. The predicted octanol–water partition coefficient (Wildman–Crippen LogP) is 2.17. The van der Waals surface area contributed by atoms with Crippen molar-refractivity contribution < 1.29 is 23.2 Å². The second-order valence-electron chi connectivity index (χ2n) is 6.30. The summed E-state index contributed by atoms with van der Waals surface area (Å²) in [5.41, 5.74) is 0.829. The number of benzene rings is 2. The van der Waals surface area contributed by atoms with Gasteiger partial charge in [-0.1, -0.05) is 11.6 Å². The number of amides is 1. The molecule has 0 saturated carbocycles. The fraction of sp³-hybridized carbons (Fsp3) is 0.316. The lowest BCUT2D eigenvalue weighted by Crippen LogP contribution is -3.13. The number of carbonyl (C=O) groups is 1. The lowest BCUT2D eigenvalue weighted by Gasteiger charge is -2.32. The molecule has 1 saturated heterocycles. The van der Waals surface area contributed by atoms with Crippen molar-refractivity contribution in [3.63, 3.8) is 0 Å². The van der Waals surface area contributed by atoms with E-state index < -0.39 is 5.82 Å². The highest BCUT2D eigenvalue weighted by Crippen LogP contribution is 2.19. The topological polar surface area (TPSA) is 34.0 Å². The first-order valence-electron chi connectivity index (χ1n) is 8.38. The van der Waals surface area contributed by atoms with Gasteiger partial charge in [-0.15, -0.1) is 0 Å². The largest absolute Gasteiger partial charge is 0.496 e. The number of ether oxygens (including phenoxy) is 1. The van der Waals surface area contributed by atoms with E-state index in [2.05, 4.69) is 0 Å². The van der Waals surface area contributed by atoms with Gasteiger partial charge in [-0.3, -0.25) is 4.79 Å². The normalized spacial score (nSPS) is 15.2. The molecule has 0 aliphatic carbocycles. The summed E-state index contributed by atoms with van der Waals surface area (Å²) in [6.45, 7) is 3.02. The smallest absolute Gasteiger partial charge is 0.257 e. The molecule has 7 heteroatoms. The van der Waals surface area contributed by atoms with Crippen molar-refractivity contribution in [3.05, 3.63) is 64.2 Å². The number of quaternary nitrogens is 1.